The Labute approximate surface area is 258 Å². The summed E-state index contributed by atoms with van der Waals surface area (Å²) in [5.41, 5.74) is 12.4. The molecule has 1 aliphatic rings. The molecule has 2 atom stereocenters. The topological polar surface area (TPSA) is 266 Å². The summed E-state index contributed by atoms with van der Waals surface area (Å²) >= 11 is 0. The van der Waals surface area contributed by atoms with Crippen LogP contribution in [0, 0.1) is 0 Å². The van der Waals surface area contributed by atoms with Crippen molar-refractivity contribution in [2.75, 3.05) is 13.1 Å². The van der Waals surface area contributed by atoms with Gasteiger partial charge in [-0.2, -0.15) is 0 Å². The Morgan fingerprint density at radius 2 is 0.826 bits per heavy atom. The maximum absolute atomic E-state index is 13.2. The van der Waals surface area contributed by atoms with Gasteiger partial charge in [-0.25, -0.2) is 29.9 Å². The van der Waals surface area contributed by atoms with Crippen molar-refractivity contribution >= 4 is 11.8 Å². The van der Waals surface area contributed by atoms with Crippen LogP contribution in [0.5, 0.6) is 0 Å². The van der Waals surface area contributed by atoms with E-state index in [-0.39, 0.29) is 69.5 Å². The molecule has 236 valence electrons. The average molecular weight is 631 g/mol. The van der Waals surface area contributed by atoms with E-state index >= 15 is 0 Å². The molecular weight excluding hydrogens is 604 g/mol. The number of aromatic nitrogens is 6. The van der Waals surface area contributed by atoms with Crippen molar-refractivity contribution in [2.45, 2.75) is 37.8 Å². The molecular formula is C28H26N10O8. The smallest absolute Gasteiger partial charge is 0.273 e. The lowest BCUT2D eigenvalue weighted by Gasteiger charge is -2.14. The largest absolute Gasteiger partial charge is 0.446 e. The first-order valence-corrected chi connectivity index (χ1v) is 14.3. The van der Waals surface area contributed by atoms with E-state index in [1.807, 2.05) is 0 Å². The van der Waals surface area contributed by atoms with Crippen LogP contribution in [0.2, 0.25) is 0 Å². The van der Waals surface area contributed by atoms with Gasteiger partial charge in [-0.3, -0.25) is 9.59 Å². The number of oxazole rings is 6. The summed E-state index contributed by atoms with van der Waals surface area (Å²) < 4.78 is 33.6. The van der Waals surface area contributed by atoms with E-state index in [1.54, 1.807) is 0 Å². The molecule has 12 bridgehead atoms. The molecule has 0 saturated heterocycles. The SMILES string of the molecule is NCCC[C@@H]1NC(=O)c2coc(n2)-c2coc(n2)-c2coc(n2)[C@H](CCCN)NC(=O)c2coc(n2)-c2coc(n2)-c2coc1n2. The van der Waals surface area contributed by atoms with E-state index in [9.17, 15) is 9.59 Å². The third-order valence-electron chi connectivity index (χ3n) is 7.00. The van der Waals surface area contributed by atoms with E-state index in [2.05, 4.69) is 40.5 Å². The molecule has 0 unspecified atom stereocenters. The van der Waals surface area contributed by atoms with Crippen molar-refractivity contribution in [3.05, 3.63) is 60.7 Å². The number of rotatable bonds is 6. The van der Waals surface area contributed by atoms with E-state index in [0.29, 0.717) is 38.8 Å². The normalized spacial score (nSPS) is 16.6. The summed E-state index contributed by atoms with van der Waals surface area (Å²) in [4.78, 5) is 52.6. The quantitative estimate of drug-likeness (QED) is 0.206. The minimum atomic E-state index is -0.661. The highest BCUT2D eigenvalue weighted by Gasteiger charge is 2.27. The van der Waals surface area contributed by atoms with Gasteiger partial charge in [0.15, 0.2) is 34.2 Å². The maximum atomic E-state index is 13.2. The third-order valence-corrected chi connectivity index (χ3v) is 7.00. The monoisotopic (exact) mass is 630 g/mol. The zero-order valence-corrected chi connectivity index (χ0v) is 24.0. The highest BCUT2D eigenvalue weighted by atomic mass is 16.4. The first-order valence-electron chi connectivity index (χ1n) is 14.3. The first-order chi connectivity index (χ1) is 22.5. The highest BCUT2D eigenvalue weighted by molar-refractivity contribution is 5.93. The molecule has 1 aliphatic heterocycles. The molecule has 2 amide bonds. The minimum Gasteiger partial charge on any atom is -0.446 e. The van der Waals surface area contributed by atoms with Crippen LogP contribution in [0.3, 0.4) is 0 Å². The molecule has 0 aliphatic carbocycles. The Balaban J connectivity index is 1.26. The fourth-order valence-electron chi connectivity index (χ4n) is 4.69. The van der Waals surface area contributed by atoms with Gasteiger partial charge in [-0.05, 0) is 38.8 Å². The van der Waals surface area contributed by atoms with Crippen LogP contribution in [0.1, 0.15) is 70.5 Å². The number of hydrogen-bond acceptors (Lipinski definition) is 16. The summed E-state index contributed by atoms with van der Waals surface area (Å²) in [6.07, 6.45) is 9.66. The lowest BCUT2D eigenvalue weighted by Crippen LogP contribution is -2.29. The van der Waals surface area contributed by atoms with Gasteiger partial charge in [0.05, 0.1) is 0 Å². The Hall–Kier alpha value is -5.88. The van der Waals surface area contributed by atoms with Gasteiger partial charge in [0.25, 0.3) is 11.8 Å². The number of amides is 2. The number of nitrogens with zero attached hydrogens (tertiary/aromatic N) is 6. The van der Waals surface area contributed by atoms with Crippen LogP contribution in [0.25, 0.3) is 46.3 Å². The predicted octanol–water partition coefficient (Wildman–Crippen LogP) is 3.02. The number of carbonyl (C=O) groups is 2. The molecule has 0 aromatic carbocycles. The van der Waals surface area contributed by atoms with Crippen LogP contribution in [0.15, 0.2) is 64.1 Å². The molecule has 6 aromatic rings. The van der Waals surface area contributed by atoms with Crippen molar-refractivity contribution in [1.82, 2.24) is 40.5 Å². The molecule has 0 saturated carbocycles. The fourth-order valence-corrected chi connectivity index (χ4v) is 4.69. The second kappa shape index (κ2) is 12.3. The summed E-state index contributed by atoms with van der Waals surface area (Å²) in [6.45, 7) is 0.756. The molecule has 0 spiro atoms. The molecule has 18 nitrogen and oxygen atoms in total. The molecule has 46 heavy (non-hydrogen) atoms. The fraction of sp³-hybridized carbons (Fsp3) is 0.286. The summed E-state index contributed by atoms with van der Waals surface area (Å²) in [6, 6.07) is -1.32. The first kappa shape index (κ1) is 28.9. The predicted molar refractivity (Wildman–Crippen MR) is 152 cm³/mol. The number of nitrogens with two attached hydrogens (primary N) is 2. The van der Waals surface area contributed by atoms with Crippen molar-refractivity contribution in [3.8, 4) is 46.3 Å². The molecule has 7 rings (SSSR count). The molecule has 6 aromatic heterocycles. The minimum absolute atomic E-state index is 0.0107. The van der Waals surface area contributed by atoms with Gasteiger partial charge >= 0.3 is 0 Å². The zero-order valence-electron chi connectivity index (χ0n) is 24.0. The average Bonchev–Trinajstić information content (AvgIpc) is 3.88. The van der Waals surface area contributed by atoms with Crippen LogP contribution >= 0.6 is 0 Å². The number of fused-ring (bicyclic) bond motifs is 16. The van der Waals surface area contributed by atoms with Gasteiger partial charge in [-0.15, -0.1) is 0 Å². The van der Waals surface area contributed by atoms with Gasteiger partial charge in [0.2, 0.25) is 35.3 Å². The Bertz CT molecular complexity index is 1840. The van der Waals surface area contributed by atoms with Gasteiger partial charge in [-0.1, -0.05) is 0 Å². The molecule has 18 heteroatoms. The third kappa shape index (κ3) is 5.69. The van der Waals surface area contributed by atoms with Crippen molar-refractivity contribution in [2.24, 2.45) is 11.5 Å². The summed E-state index contributed by atoms with van der Waals surface area (Å²) in [5, 5.41) is 5.71. The summed E-state index contributed by atoms with van der Waals surface area (Å²) in [7, 11) is 0. The Morgan fingerprint density at radius 1 is 0.500 bits per heavy atom. The van der Waals surface area contributed by atoms with Crippen molar-refractivity contribution < 1.29 is 36.1 Å². The van der Waals surface area contributed by atoms with Gasteiger partial charge in [0.1, 0.15) is 49.7 Å². The maximum Gasteiger partial charge on any atom is 0.273 e. The number of hydrogen-bond donors (Lipinski definition) is 4. The Morgan fingerprint density at radius 3 is 1.22 bits per heavy atom. The van der Waals surface area contributed by atoms with E-state index in [1.165, 1.54) is 37.6 Å². The van der Waals surface area contributed by atoms with E-state index in [4.69, 9.17) is 38.0 Å². The lowest BCUT2D eigenvalue weighted by molar-refractivity contribution is 0.0914. The van der Waals surface area contributed by atoms with Gasteiger partial charge in [0, 0.05) is 0 Å². The lowest BCUT2D eigenvalue weighted by atomic mass is 10.1. The van der Waals surface area contributed by atoms with E-state index in [0.717, 1.165) is 0 Å². The second-order valence-electron chi connectivity index (χ2n) is 10.2. The number of carbonyl (C=O) groups excluding carboxylic acids is 2. The van der Waals surface area contributed by atoms with E-state index < -0.39 is 23.9 Å². The van der Waals surface area contributed by atoms with Gasteiger partial charge < -0.3 is 48.6 Å². The standard InChI is InChI=1S/C28H26N10O8/c29-5-1-3-13-23-35-19(9-43-23)27-37-18(11-45-27)26-34-16(8-42-26)22(40)32-14(4-2-6-30)24-36-20(10-44-24)28-38-17(12-46-28)25-33-15(7-41-25)21(39)31-13/h7-14H,1-6,29-30H2,(H,31,39)(H,32,40)/t13-,14-/m0/s1. The summed E-state index contributed by atoms with van der Waals surface area (Å²) in [5.74, 6) is -0.418. The van der Waals surface area contributed by atoms with Crippen molar-refractivity contribution in [3.63, 3.8) is 0 Å². The molecule has 0 fully saturated rings. The van der Waals surface area contributed by atoms with Crippen LogP contribution in [0.4, 0.5) is 0 Å². The highest BCUT2D eigenvalue weighted by Crippen LogP contribution is 2.29. The second-order valence-corrected chi connectivity index (χ2v) is 10.2. The number of nitrogens with one attached hydrogen (secondary N) is 2. The van der Waals surface area contributed by atoms with Crippen LogP contribution in [-0.4, -0.2) is 54.8 Å². The van der Waals surface area contributed by atoms with Crippen molar-refractivity contribution in [1.29, 1.82) is 0 Å². The van der Waals surface area contributed by atoms with Crippen LogP contribution < -0.4 is 22.1 Å². The Kier molecular flexibility index (Phi) is 7.69. The molecule has 6 N–H and O–H groups in total. The zero-order chi connectivity index (χ0) is 31.6. The molecule has 0 radical (unpaired) electrons. The van der Waals surface area contributed by atoms with Crippen LogP contribution in [-0.2, 0) is 0 Å². The molecule has 7 heterocycles.